The van der Waals surface area contributed by atoms with E-state index in [9.17, 15) is 8.42 Å². The fourth-order valence-corrected chi connectivity index (χ4v) is 3.94. The average Bonchev–Trinajstić information content (AvgIpc) is 2.72. The Labute approximate surface area is 86.1 Å². The maximum Gasteiger partial charge on any atom is 0.281 e. The number of piperidine rings is 1. The molecule has 0 spiro atoms. The van der Waals surface area contributed by atoms with Gasteiger partial charge in [0.05, 0.1) is 0 Å². The van der Waals surface area contributed by atoms with Gasteiger partial charge in [-0.1, -0.05) is 6.42 Å². The third kappa shape index (κ3) is 1.94. The van der Waals surface area contributed by atoms with E-state index in [2.05, 4.69) is 0 Å². The van der Waals surface area contributed by atoms with Crippen molar-refractivity contribution in [1.29, 1.82) is 0 Å². The van der Waals surface area contributed by atoms with Crippen LogP contribution in [-0.4, -0.2) is 43.2 Å². The maximum absolute atomic E-state index is 12.0. The first kappa shape index (κ1) is 10.4. The molecule has 2 aliphatic rings. The zero-order valence-electron chi connectivity index (χ0n) is 8.48. The Morgan fingerprint density at radius 3 is 1.43 bits per heavy atom. The van der Waals surface area contributed by atoms with E-state index in [1.165, 1.54) is 6.42 Å². The van der Waals surface area contributed by atoms with Gasteiger partial charge in [-0.15, -0.1) is 0 Å². The van der Waals surface area contributed by atoms with E-state index >= 15 is 0 Å². The van der Waals surface area contributed by atoms with Crippen LogP contribution in [0, 0.1) is 0 Å². The summed E-state index contributed by atoms with van der Waals surface area (Å²) >= 11 is 0. The van der Waals surface area contributed by atoms with Gasteiger partial charge in [0.2, 0.25) is 0 Å². The van der Waals surface area contributed by atoms with Gasteiger partial charge in [-0.05, 0) is 25.7 Å². The SMILES string of the molecule is O=S(=O)(N1CCCCC1)N1CCCC1. The van der Waals surface area contributed by atoms with E-state index in [1.807, 2.05) is 0 Å². The summed E-state index contributed by atoms with van der Waals surface area (Å²) in [6, 6.07) is 0. The van der Waals surface area contributed by atoms with Crippen LogP contribution >= 0.6 is 0 Å². The summed E-state index contributed by atoms with van der Waals surface area (Å²) in [4.78, 5) is 0. The molecule has 0 bridgehead atoms. The molecule has 2 aliphatic heterocycles. The zero-order chi connectivity index (χ0) is 10.0. The van der Waals surface area contributed by atoms with Crippen molar-refractivity contribution in [2.75, 3.05) is 26.2 Å². The highest BCUT2D eigenvalue weighted by Crippen LogP contribution is 2.20. The van der Waals surface area contributed by atoms with Gasteiger partial charge in [0, 0.05) is 26.2 Å². The molecule has 0 radical (unpaired) electrons. The van der Waals surface area contributed by atoms with Crippen LogP contribution in [0.25, 0.3) is 0 Å². The largest absolute Gasteiger partial charge is 0.281 e. The van der Waals surface area contributed by atoms with Crippen molar-refractivity contribution in [3.8, 4) is 0 Å². The van der Waals surface area contributed by atoms with E-state index in [0.29, 0.717) is 0 Å². The topological polar surface area (TPSA) is 40.6 Å². The second-order valence-electron chi connectivity index (χ2n) is 4.07. The molecule has 5 heteroatoms. The van der Waals surface area contributed by atoms with Crippen LogP contribution in [0.4, 0.5) is 0 Å². The monoisotopic (exact) mass is 218 g/mol. The molecule has 0 atom stereocenters. The van der Waals surface area contributed by atoms with Gasteiger partial charge < -0.3 is 0 Å². The minimum atomic E-state index is -3.10. The van der Waals surface area contributed by atoms with Crippen molar-refractivity contribution < 1.29 is 8.42 Å². The summed E-state index contributed by atoms with van der Waals surface area (Å²) in [5, 5.41) is 0. The Kier molecular flexibility index (Phi) is 3.09. The summed E-state index contributed by atoms with van der Waals surface area (Å²) in [6.07, 6.45) is 5.26. The lowest BCUT2D eigenvalue weighted by molar-refractivity contribution is 0.316. The van der Waals surface area contributed by atoms with Crippen molar-refractivity contribution in [2.24, 2.45) is 0 Å². The molecule has 82 valence electrons. The molecular weight excluding hydrogens is 200 g/mol. The minimum absolute atomic E-state index is 0.721. The number of rotatable bonds is 2. The Morgan fingerprint density at radius 1 is 0.643 bits per heavy atom. The van der Waals surface area contributed by atoms with Crippen molar-refractivity contribution in [1.82, 2.24) is 8.61 Å². The van der Waals surface area contributed by atoms with Crippen LogP contribution in [-0.2, 0) is 10.2 Å². The Morgan fingerprint density at radius 2 is 1.00 bits per heavy atom. The molecule has 2 saturated heterocycles. The predicted molar refractivity (Wildman–Crippen MR) is 55.2 cm³/mol. The van der Waals surface area contributed by atoms with Gasteiger partial charge >= 0.3 is 0 Å². The van der Waals surface area contributed by atoms with Gasteiger partial charge in [0.15, 0.2) is 0 Å². The molecular formula is C9H18N2O2S. The molecule has 0 aromatic carbocycles. The summed E-state index contributed by atoms with van der Waals surface area (Å²) in [6.45, 7) is 2.88. The van der Waals surface area contributed by atoms with Crippen LogP contribution in [0.5, 0.6) is 0 Å². The van der Waals surface area contributed by atoms with Gasteiger partial charge in [0.25, 0.3) is 10.2 Å². The molecule has 0 aromatic heterocycles. The maximum atomic E-state index is 12.0. The first-order valence-corrected chi connectivity index (χ1v) is 6.86. The minimum Gasteiger partial charge on any atom is -0.195 e. The molecule has 2 heterocycles. The lowest BCUT2D eigenvalue weighted by atomic mass is 10.2. The van der Waals surface area contributed by atoms with E-state index < -0.39 is 10.2 Å². The Balaban J connectivity index is 2.05. The quantitative estimate of drug-likeness (QED) is 0.688. The number of nitrogens with zero attached hydrogens (tertiary/aromatic N) is 2. The summed E-state index contributed by atoms with van der Waals surface area (Å²) in [5.74, 6) is 0. The molecule has 2 rings (SSSR count). The first-order chi connectivity index (χ1) is 6.71. The van der Waals surface area contributed by atoms with E-state index in [0.717, 1.165) is 51.9 Å². The number of hydrogen-bond donors (Lipinski definition) is 0. The van der Waals surface area contributed by atoms with Crippen LogP contribution in [0.1, 0.15) is 32.1 Å². The van der Waals surface area contributed by atoms with Crippen molar-refractivity contribution in [3.05, 3.63) is 0 Å². The normalized spacial score (nSPS) is 26.9. The predicted octanol–water partition coefficient (Wildman–Crippen LogP) is 0.813. The Bertz CT molecular complexity index is 277. The first-order valence-electron chi connectivity index (χ1n) is 5.46. The molecule has 0 aliphatic carbocycles. The zero-order valence-corrected chi connectivity index (χ0v) is 9.30. The van der Waals surface area contributed by atoms with Crippen molar-refractivity contribution in [3.63, 3.8) is 0 Å². The average molecular weight is 218 g/mol. The summed E-state index contributed by atoms with van der Waals surface area (Å²) < 4.78 is 27.4. The van der Waals surface area contributed by atoms with Crippen molar-refractivity contribution in [2.45, 2.75) is 32.1 Å². The lowest BCUT2D eigenvalue weighted by Gasteiger charge is -2.29. The van der Waals surface area contributed by atoms with Crippen LogP contribution < -0.4 is 0 Å². The molecule has 0 aromatic rings. The highest BCUT2D eigenvalue weighted by atomic mass is 32.2. The standard InChI is InChI=1S/C9H18N2O2S/c12-14(13,11-8-4-5-9-11)10-6-2-1-3-7-10/h1-9H2. The second kappa shape index (κ2) is 4.16. The van der Waals surface area contributed by atoms with Crippen LogP contribution in [0.3, 0.4) is 0 Å². The highest BCUT2D eigenvalue weighted by molar-refractivity contribution is 7.86. The lowest BCUT2D eigenvalue weighted by Crippen LogP contribution is -2.44. The Hall–Kier alpha value is -0.130. The van der Waals surface area contributed by atoms with Gasteiger partial charge in [-0.25, -0.2) is 0 Å². The number of hydrogen-bond acceptors (Lipinski definition) is 2. The second-order valence-corrected chi connectivity index (χ2v) is 6.00. The fourth-order valence-electron chi connectivity index (χ4n) is 2.18. The van der Waals surface area contributed by atoms with Crippen LogP contribution in [0.2, 0.25) is 0 Å². The molecule has 0 unspecified atom stereocenters. The van der Waals surface area contributed by atoms with Gasteiger partial charge in [-0.2, -0.15) is 17.0 Å². The van der Waals surface area contributed by atoms with Crippen molar-refractivity contribution >= 4 is 10.2 Å². The summed E-state index contributed by atoms with van der Waals surface area (Å²) in [7, 11) is -3.10. The van der Waals surface area contributed by atoms with E-state index in [4.69, 9.17) is 0 Å². The molecule has 0 saturated carbocycles. The van der Waals surface area contributed by atoms with E-state index in [-0.39, 0.29) is 0 Å². The highest BCUT2D eigenvalue weighted by Gasteiger charge is 2.31. The third-order valence-electron chi connectivity index (χ3n) is 3.03. The molecule has 4 nitrogen and oxygen atoms in total. The van der Waals surface area contributed by atoms with E-state index in [1.54, 1.807) is 8.61 Å². The fraction of sp³-hybridized carbons (Fsp3) is 1.00. The molecule has 14 heavy (non-hydrogen) atoms. The molecule has 0 N–H and O–H groups in total. The van der Waals surface area contributed by atoms with Gasteiger partial charge in [-0.3, -0.25) is 0 Å². The molecule has 0 amide bonds. The molecule has 2 fully saturated rings. The van der Waals surface area contributed by atoms with Gasteiger partial charge in [0.1, 0.15) is 0 Å². The summed E-state index contributed by atoms with van der Waals surface area (Å²) in [5.41, 5.74) is 0. The smallest absolute Gasteiger partial charge is 0.195 e. The van der Waals surface area contributed by atoms with Crippen LogP contribution in [0.15, 0.2) is 0 Å². The third-order valence-corrected chi connectivity index (χ3v) is 5.07.